The summed E-state index contributed by atoms with van der Waals surface area (Å²) in [7, 11) is 2.01. The number of H-pyrrole nitrogens is 1. The number of nitrogens with one attached hydrogen (secondary N) is 1. The van der Waals surface area contributed by atoms with Crippen LogP contribution < -0.4 is 11.2 Å². The number of aromatic nitrogens is 2. The fourth-order valence-electron chi connectivity index (χ4n) is 2.21. The Morgan fingerprint density at radius 3 is 2.61 bits per heavy atom. The van der Waals surface area contributed by atoms with Crippen LogP contribution in [0.1, 0.15) is 12.8 Å². The average molecular weight is 257 g/mol. The first-order valence-corrected chi connectivity index (χ1v) is 5.89. The van der Waals surface area contributed by atoms with Crippen molar-refractivity contribution in [2.24, 2.45) is 5.92 Å². The molecule has 1 aliphatic heterocycles. The second kappa shape index (κ2) is 4.93. The third-order valence-electron chi connectivity index (χ3n) is 3.40. The minimum Gasteiger partial charge on any atom is -0.492 e. The number of piperidine rings is 1. The molecule has 18 heavy (non-hydrogen) atoms. The minimum absolute atomic E-state index is 0.204. The predicted octanol–water partition coefficient (Wildman–Crippen LogP) is -0.277. The number of aromatic hydroxyl groups is 1. The van der Waals surface area contributed by atoms with Crippen molar-refractivity contribution in [1.29, 1.82) is 0 Å². The molecule has 2 rings (SSSR count). The van der Waals surface area contributed by atoms with Crippen molar-refractivity contribution in [3.8, 4) is 5.88 Å². The Morgan fingerprint density at radius 1 is 1.39 bits per heavy atom. The first-order chi connectivity index (χ1) is 8.49. The minimum atomic E-state index is -1.30. The van der Waals surface area contributed by atoms with Gasteiger partial charge in [0.15, 0.2) is 0 Å². The molecule has 1 aromatic heterocycles. The maximum Gasteiger partial charge on any atom is 0.331 e. The predicted molar refractivity (Wildman–Crippen MR) is 63.2 cm³/mol. The highest BCUT2D eigenvalue weighted by Crippen LogP contribution is 2.19. The van der Waals surface area contributed by atoms with Gasteiger partial charge in [-0.05, 0) is 38.9 Å². The van der Waals surface area contributed by atoms with E-state index in [1.165, 1.54) is 0 Å². The lowest BCUT2D eigenvalue weighted by atomic mass is 9.97. The summed E-state index contributed by atoms with van der Waals surface area (Å²) in [6.07, 6.45) is 1.76. The van der Waals surface area contributed by atoms with Gasteiger partial charge in [0.1, 0.15) is 0 Å². The van der Waals surface area contributed by atoms with E-state index in [4.69, 9.17) is 0 Å². The van der Waals surface area contributed by atoms with Crippen molar-refractivity contribution < 1.29 is 9.50 Å². The van der Waals surface area contributed by atoms with Crippen molar-refractivity contribution in [3.63, 3.8) is 0 Å². The number of rotatable bonds is 2. The van der Waals surface area contributed by atoms with E-state index in [0.717, 1.165) is 30.5 Å². The lowest BCUT2D eigenvalue weighted by Crippen LogP contribution is -2.37. The first-order valence-electron chi connectivity index (χ1n) is 5.89. The molecule has 0 saturated carbocycles. The van der Waals surface area contributed by atoms with E-state index in [2.05, 4.69) is 4.90 Å². The normalized spacial score (nSPS) is 18.1. The van der Waals surface area contributed by atoms with Crippen LogP contribution in [0, 0.1) is 11.7 Å². The van der Waals surface area contributed by atoms with Gasteiger partial charge in [-0.25, -0.2) is 4.79 Å². The number of halogens is 1. The number of hydrogen-bond acceptors (Lipinski definition) is 4. The molecule has 6 nitrogen and oxygen atoms in total. The van der Waals surface area contributed by atoms with E-state index < -0.39 is 22.9 Å². The maximum atomic E-state index is 13.2. The molecule has 7 heteroatoms. The van der Waals surface area contributed by atoms with Crippen molar-refractivity contribution >= 4 is 0 Å². The Morgan fingerprint density at radius 2 is 2.00 bits per heavy atom. The lowest BCUT2D eigenvalue weighted by molar-refractivity contribution is 0.197. The molecule has 0 unspecified atom stereocenters. The third kappa shape index (κ3) is 2.45. The summed E-state index contributed by atoms with van der Waals surface area (Å²) in [5.41, 5.74) is -1.95. The Balaban J connectivity index is 2.22. The number of hydrogen-bond donors (Lipinski definition) is 2. The van der Waals surface area contributed by atoms with E-state index in [1.807, 2.05) is 12.0 Å². The van der Waals surface area contributed by atoms with Crippen molar-refractivity contribution in [2.75, 3.05) is 20.1 Å². The molecule has 1 saturated heterocycles. The largest absolute Gasteiger partial charge is 0.492 e. The lowest BCUT2D eigenvalue weighted by Gasteiger charge is -2.29. The van der Waals surface area contributed by atoms with Crippen LogP contribution >= 0.6 is 0 Å². The molecular weight excluding hydrogens is 241 g/mol. The summed E-state index contributed by atoms with van der Waals surface area (Å²) in [5.74, 6) is -1.97. The molecule has 2 heterocycles. The van der Waals surface area contributed by atoms with Crippen LogP contribution in [-0.4, -0.2) is 39.7 Å². The highest BCUT2D eigenvalue weighted by atomic mass is 19.1. The van der Waals surface area contributed by atoms with E-state index in [0.29, 0.717) is 0 Å². The molecule has 0 atom stereocenters. The van der Waals surface area contributed by atoms with E-state index in [9.17, 15) is 19.1 Å². The van der Waals surface area contributed by atoms with Gasteiger partial charge in [0.05, 0.1) is 0 Å². The molecule has 0 radical (unpaired) electrons. The van der Waals surface area contributed by atoms with Crippen LogP contribution in [-0.2, 0) is 6.54 Å². The first kappa shape index (κ1) is 12.8. The van der Waals surface area contributed by atoms with Gasteiger partial charge in [0, 0.05) is 6.54 Å². The van der Waals surface area contributed by atoms with Crippen molar-refractivity contribution in [3.05, 3.63) is 26.7 Å². The summed E-state index contributed by atoms with van der Waals surface area (Å²) < 4.78 is 14.1. The van der Waals surface area contributed by atoms with Crippen molar-refractivity contribution in [1.82, 2.24) is 14.5 Å². The summed E-state index contributed by atoms with van der Waals surface area (Å²) in [4.78, 5) is 26.5. The van der Waals surface area contributed by atoms with Crippen LogP contribution in [0.4, 0.5) is 4.39 Å². The van der Waals surface area contributed by atoms with Gasteiger partial charge in [-0.3, -0.25) is 14.3 Å². The highest BCUT2D eigenvalue weighted by molar-refractivity contribution is 5.09. The summed E-state index contributed by atoms with van der Waals surface area (Å²) in [6, 6.07) is 0. The Kier molecular flexibility index (Phi) is 3.51. The number of aromatic amines is 1. The fourth-order valence-corrected chi connectivity index (χ4v) is 2.21. The smallest absolute Gasteiger partial charge is 0.331 e. The van der Waals surface area contributed by atoms with Crippen LogP contribution in [0.3, 0.4) is 0 Å². The summed E-state index contributed by atoms with van der Waals surface area (Å²) in [6.45, 7) is 2.05. The quantitative estimate of drug-likeness (QED) is 0.764. The van der Waals surface area contributed by atoms with Gasteiger partial charge < -0.3 is 10.0 Å². The van der Waals surface area contributed by atoms with Crippen LogP contribution in [0.25, 0.3) is 0 Å². The summed E-state index contributed by atoms with van der Waals surface area (Å²) >= 11 is 0. The Bertz CT molecular complexity index is 543. The monoisotopic (exact) mass is 257 g/mol. The van der Waals surface area contributed by atoms with Gasteiger partial charge in [0.2, 0.25) is 11.7 Å². The average Bonchev–Trinajstić information content (AvgIpc) is 2.34. The van der Waals surface area contributed by atoms with Crippen LogP contribution in [0.5, 0.6) is 5.88 Å². The van der Waals surface area contributed by atoms with Crippen LogP contribution in [0.2, 0.25) is 0 Å². The molecule has 0 spiro atoms. The second-order valence-electron chi connectivity index (χ2n) is 4.75. The number of likely N-dealkylation sites (tertiary alicyclic amines) is 1. The SMILES string of the molecule is CN1CCC(Cn2c(O)c(F)c(=O)[nH]c2=O)CC1. The Labute approximate surface area is 103 Å². The zero-order valence-electron chi connectivity index (χ0n) is 10.1. The molecule has 0 amide bonds. The molecule has 100 valence electrons. The fraction of sp³-hybridized carbons (Fsp3) is 0.636. The Hall–Kier alpha value is -1.63. The van der Waals surface area contributed by atoms with E-state index in [1.54, 1.807) is 0 Å². The molecule has 0 aliphatic carbocycles. The summed E-state index contributed by atoms with van der Waals surface area (Å²) in [5, 5.41) is 9.50. The molecule has 0 bridgehead atoms. The molecule has 1 aliphatic rings. The van der Waals surface area contributed by atoms with E-state index in [-0.39, 0.29) is 12.5 Å². The van der Waals surface area contributed by atoms with Gasteiger partial charge in [-0.15, -0.1) is 0 Å². The second-order valence-corrected chi connectivity index (χ2v) is 4.75. The van der Waals surface area contributed by atoms with Gasteiger partial charge in [0.25, 0.3) is 5.56 Å². The third-order valence-corrected chi connectivity index (χ3v) is 3.40. The highest BCUT2D eigenvalue weighted by Gasteiger charge is 2.21. The van der Waals surface area contributed by atoms with Crippen LogP contribution in [0.15, 0.2) is 9.59 Å². The van der Waals surface area contributed by atoms with Gasteiger partial charge in [-0.1, -0.05) is 0 Å². The topological polar surface area (TPSA) is 78.3 Å². The number of nitrogens with zero attached hydrogens (tertiary/aromatic N) is 2. The molecule has 1 fully saturated rings. The maximum absolute atomic E-state index is 13.2. The van der Waals surface area contributed by atoms with Crippen molar-refractivity contribution in [2.45, 2.75) is 19.4 Å². The zero-order valence-corrected chi connectivity index (χ0v) is 10.1. The molecule has 2 N–H and O–H groups in total. The van der Waals surface area contributed by atoms with E-state index >= 15 is 0 Å². The van der Waals surface area contributed by atoms with Gasteiger partial charge >= 0.3 is 5.69 Å². The zero-order chi connectivity index (χ0) is 13.3. The molecule has 0 aromatic carbocycles. The molecular formula is C11H16FN3O3. The van der Waals surface area contributed by atoms with Gasteiger partial charge in [-0.2, -0.15) is 4.39 Å². The standard InChI is InChI=1S/C11H16FN3O3/c1-14-4-2-7(3-5-14)6-15-10(17)8(12)9(16)13-11(15)18/h7,17H,2-6H2,1H3,(H,13,16,18). The molecule has 1 aromatic rings.